The topological polar surface area (TPSA) is 53.4 Å². The zero-order valence-corrected chi connectivity index (χ0v) is 9.88. The molecule has 0 unspecified atom stereocenters. The first-order chi connectivity index (χ1) is 8.00. The number of benzene rings is 1. The summed E-state index contributed by atoms with van der Waals surface area (Å²) in [4.78, 5) is 4.08. The minimum Gasteiger partial charge on any atom is -0.508 e. The van der Waals surface area contributed by atoms with Crippen LogP contribution in [0.25, 0.3) is 0 Å². The SMILES string of the molecule is CC(C)(c1ccccc1)c1cc(O)cc(O)n1. The third-order valence-corrected chi connectivity index (χ3v) is 2.93. The van der Waals surface area contributed by atoms with Crippen LogP contribution in [0.4, 0.5) is 0 Å². The summed E-state index contributed by atoms with van der Waals surface area (Å²) in [5.41, 5.74) is 1.36. The predicted octanol–water partition coefficient (Wildman–Crippen LogP) is 2.82. The van der Waals surface area contributed by atoms with E-state index in [1.54, 1.807) is 6.07 Å². The quantitative estimate of drug-likeness (QED) is 0.832. The third kappa shape index (κ3) is 2.23. The fourth-order valence-electron chi connectivity index (χ4n) is 1.82. The van der Waals surface area contributed by atoms with Crippen molar-refractivity contribution in [3.05, 3.63) is 53.7 Å². The molecule has 2 aromatic rings. The molecule has 1 heterocycles. The first-order valence-corrected chi connectivity index (χ1v) is 5.46. The van der Waals surface area contributed by atoms with Crippen molar-refractivity contribution in [2.75, 3.05) is 0 Å². The molecule has 0 saturated heterocycles. The van der Waals surface area contributed by atoms with Gasteiger partial charge >= 0.3 is 0 Å². The van der Waals surface area contributed by atoms with Crippen LogP contribution < -0.4 is 0 Å². The number of hydrogen-bond acceptors (Lipinski definition) is 3. The molecule has 0 aliphatic carbocycles. The normalized spacial score (nSPS) is 11.4. The minimum atomic E-state index is -0.364. The van der Waals surface area contributed by atoms with Gasteiger partial charge in [-0.05, 0) is 5.56 Å². The number of nitrogens with zero attached hydrogens (tertiary/aromatic N) is 1. The molecule has 3 heteroatoms. The van der Waals surface area contributed by atoms with Gasteiger partial charge in [-0.2, -0.15) is 0 Å². The van der Waals surface area contributed by atoms with Crippen LogP contribution >= 0.6 is 0 Å². The number of hydrogen-bond donors (Lipinski definition) is 2. The summed E-state index contributed by atoms with van der Waals surface area (Å²) in [6.45, 7) is 4.01. The lowest BCUT2D eigenvalue weighted by atomic mass is 9.81. The summed E-state index contributed by atoms with van der Waals surface area (Å²) in [5.74, 6) is -0.138. The van der Waals surface area contributed by atoms with Crippen LogP contribution in [0.3, 0.4) is 0 Å². The van der Waals surface area contributed by atoms with Crippen molar-refractivity contribution in [3.8, 4) is 11.6 Å². The molecule has 0 aliphatic heterocycles. The number of pyridine rings is 1. The molecular formula is C14H15NO2. The molecule has 1 aromatic heterocycles. The molecule has 0 amide bonds. The lowest BCUT2D eigenvalue weighted by molar-refractivity contribution is 0.426. The Morgan fingerprint density at radius 3 is 2.24 bits per heavy atom. The summed E-state index contributed by atoms with van der Waals surface area (Å²) in [5, 5.41) is 18.9. The predicted molar refractivity (Wildman–Crippen MR) is 66.1 cm³/mol. The maximum atomic E-state index is 9.50. The van der Waals surface area contributed by atoms with E-state index in [0.717, 1.165) is 5.56 Å². The van der Waals surface area contributed by atoms with Crippen molar-refractivity contribution in [2.45, 2.75) is 19.3 Å². The molecule has 17 heavy (non-hydrogen) atoms. The highest BCUT2D eigenvalue weighted by molar-refractivity contribution is 5.38. The van der Waals surface area contributed by atoms with E-state index in [2.05, 4.69) is 4.98 Å². The van der Waals surface area contributed by atoms with Crippen molar-refractivity contribution in [3.63, 3.8) is 0 Å². The average Bonchev–Trinajstić information content (AvgIpc) is 2.29. The Morgan fingerprint density at radius 1 is 1.00 bits per heavy atom. The monoisotopic (exact) mass is 229 g/mol. The van der Waals surface area contributed by atoms with Gasteiger partial charge in [0, 0.05) is 17.5 Å². The Hall–Kier alpha value is -2.03. The van der Waals surface area contributed by atoms with E-state index in [-0.39, 0.29) is 17.0 Å². The Balaban J connectivity index is 2.51. The van der Waals surface area contributed by atoms with Gasteiger partial charge in [0.05, 0.1) is 5.69 Å². The van der Waals surface area contributed by atoms with E-state index >= 15 is 0 Å². The zero-order valence-electron chi connectivity index (χ0n) is 9.88. The first-order valence-electron chi connectivity index (χ1n) is 5.46. The van der Waals surface area contributed by atoms with Crippen molar-refractivity contribution in [1.29, 1.82) is 0 Å². The fourth-order valence-corrected chi connectivity index (χ4v) is 1.82. The van der Waals surface area contributed by atoms with Gasteiger partial charge in [-0.3, -0.25) is 0 Å². The maximum Gasteiger partial charge on any atom is 0.214 e. The molecule has 0 aliphatic rings. The molecule has 3 nitrogen and oxygen atoms in total. The van der Waals surface area contributed by atoms with Gasteiger partial charge in [0.25, 0.3) is 0 Å². The van der Waals surface area contributed by atoms with Crippen LogP contribution in [-0.2, 0) is 5.41 Å². The van der Waals surface area contributed by atoms with Gasteiger partial charge in [0.2, 0.25) is 5.88 Å². The standard InChI is InChI=1S/C14H15NO2/c1-14(2,10-6-4-3-5-7-10)12-8-11(16)9-13(17)15-12/h3-9H,1-2H3,(H2,15,16,17). The molecule has 0 bridgehead atoms. The molecule has 2 rings (SSSR count). The highest BCUT2D eigenvalue weighted by Crippen LogP contribution is 2.32. The Morgan fingerprint density at radius 2 is 1.65 bits per heavy atom. The molecule has 0 radical (unpaired) electrons. The largest absolute Gasteiger partial charge is 0.508 e. The van der Waals surface area contributed by atoms with Crippen molar-refractivity contribution >= 4 is 0 Å². The Kier molecular flexibility index (Phi) is 2.76. The van der Waals surface area contributed by atoms with Crippen LogP contribution in [0.1, 0.15) is 25.1 Å². The zero-order chi connectivity index (χ0) is 12.5. The maximum absolute atomic E-state index is 9.50. The Labute approximate surface area is 100 Å². The van der Waals surface area contributed by atoms with Crippen LogP contribution in [0, 0.1) is 0 Å². The molecule has 0 saturated carbocycles. The minimum absolute atomic E-state index is 0.0245. The highest BCUT2D eigenvalue weighted by atomic mass is 16.3. The third-order valence-electron chi connectivity index (χ3n) is 2.93. The molecule has 1 aromatic carbocycles. The van der Waals surface area contributed by atoms with Gasteiger partial charge in [-0.25, -0.2) is 4.98 Å². The van der Waals surface area contributed by atoms with E-state index in [0.29, 0.717) is 5.69 Å². The molecule has 88 valence electrons. The van der Waals surface area contributed by atoms with Gasteiger partial charge in [0.15, 0.2) is 0 Å². The lowest BCUT2D eigenvalue weighted by Crippen LogP contribution is -2.20. The number of rotatable bonds is 2. The van der Waals surface area contributed by atoms with E-state index in [1.165, 1.54) is 6.07 Å². The summed E-state index contributed by atoms with van der Waals surface area (Å²) in [6.07, 6.45) is 0. The molecule has 0 atom stereocenters. The van der Waals surface area contributed by atoms with Crippen molar-refractivity contribution in [2.24, 2.45) is 0 Å². The fraction of sp³-hybridized carbons (Fsp3) is 0.214. The van der Waals surface area contributed by atoms with E-state index < -0.39 is 0 Å². The van der Waals surface area contributed by atoms with Crippen LogP contribution in [-0.4, -0.2) is 15.2 Å². The van der Waals surface area contributed by atoms with E-state index in [4.69, 9.17) is 0 Å². The second-order valence-electron chi connectivity index (χ2n) is 4.56. The molecular weight excluding hydrogens is 214 g/mol. The van der Waals surface area contributed by atoms with Crippen molar-refractivity contribution < 1.29 is 10.2 Å². The second kappa shape index (κ2) is 4.09. The summed E-state index contributed by atoms with van der Waals surface area (Å²) < 4.78 is 0. The summed E-state index contributed by atoms with van der Waals surface area (Å²) >= 11 is 0. The van der Waals surface area contributed by atoms with Crippen molar-refractivity contribution in [1.82, 2.24) is 4.98 Å². The van der Waals surface area contributed by atoms with Gasteiger partial charge in [-0.15, -0.1) is 0 Å². The van der Waals surface area contributed by atoms with E-state index in [9.17, 15) is 10.2 Å². The Bertz CT molecular complexity index is 501. The molecule has 2 N–H and O–H groups in total. The van der Waals surface area contributed by atoms with Gasteiger partial charge < -0.3 is 10.2 Å². The van der Waals surface area contributed by atoms with Gasteiger partial charge in [0.1, 0.15) is 5.75 Å². The lowest BCUT2D eigenvalue weighted by Gasteiger charge is -2.24. The number of aromatic nitrogens is 1. The second-order valence-corrected chi connectivity index (χ2v) is 4.56. The highest BCUT2D eigenvalue weighted by Gasteiger charge is 2.25. The van der Waals surface area contributed by atoms with Gasteiger partial charge in [-0.1, -0.05) is 44.2 Å². The summed E-state index contributed by atoms with van der Waals surface area (Å²) in [7, 11) is 0. The molecule has 0 fully saturated rings. The van der Waals surface area contributed by atoms with Crippen LogP contribution in [0.2, 0.25) is 0 Å². The average molecular weight is 229 g/mol. The smallest absolute Gasteiger partial charge is 0.214 e. The summed E-state index contributed by atoms with van der Waals surface area (Å²) in [6, 6.07) is 12.7. The van der Waals surface area contributed by atoms with Crippen LogP contribution in [0.15, 0.2) is 42.5 Å². The number of aromatic hydroxyl groups is 2. The molecule has 0 spiro atoms. The van der Waals surface area contributed by atoms with Crippen LogP contribution in [0.5, 0.6) is 11.6 Å². The first kappa shape index (κ1) is 11.5. The van der Waals surface area contributed by atoms with E-state index in [1.807, 2.05) is 44.2 Å².